The van der Waals surface area contributed by atoms with Gasteiger partial charge in [-0.15, -0.1) is 11.3 Å². The Morgan fingerprint density at radius 1 is 1.48 bits per heavy atom. The van der Waals surface area contributed by atoms with Crippen molar-refractivity contribution in [1.29, 1.82) is 0 Å². The van der Waals surface area contributed by atoms with E-state index in [-0.39, 0.29) is 11.8 Å². The molecule has 21 heavy (non-hydrogen) atoms. The van der Waals surface area contributed by atoms with E-state index in [0.717, 1.165) is 24.3 Å². The number of rotatable bonds is 4. The molecule has 0 saturated heterocycles. The second-order valence-corrected chi connectivity index (χ2v) is 6.66. The first-order valence-corrected chi connectivity index (χ1v) is 8.35. The SMILES string of the molecule is CC(N)c1nc(C(=O)CC2CCCc3ccccc32)cs1. The summed E-state index contributed by atoms with van der Waals surface area (Å²) < 4.78 is 0. The third-order valence-corrected chi connectivity index (χ3v) is 5.17. The number of ketones is 1. The molecule has 3 nitrogen and oxygen atoms in total. The maximum absolute atomic E-state index is 12.5. The van der Waals surface area contributed by atoms with Gasteiger partial charge in [0.25, 0.3) is 0 Å². The van der Waals surface area contributed by atoms with E-state index in [1.165, 1.54) is 22.5 Å². The molecule has 0 radical (unpaired) electrons. The molecule has 1 aromatic carbocycles. The number of carbonyl (C=O) groups is 1. The number of Topliss-reactive ketones (excluding diaryl/α,β-unsaturated/α-hetero) is 1. The van der Waals surface area contributed by atoms with Crippen molar-refractivity contribution in [1.82, 2.24) is 4.98 Å². The molecule has 1 aliphatic carbocycles. The average Bonchev–Trinajstić information content (AvgIpc) is 2.98. The Kier molecular flexibility index (Phi) is 4.17. The van der Waals surface area contributed by atoms with Crippen molar-refractivity contribution < 1.29 is 4.79 Å². The lowest BCUT2D eigenvalue weighted by atomic mass is 9.80. The van der Waals surface area contributed by atoms with Crippen molar-refractivity contribution in [3.63, 3.8) is 0 Å². The molecular weight excluding hydrogens is 280 g/mol. The normalized spacial score (nSPS) is 19.0. The van der Waals surface area contributed by atoms with Crippen molar-refractivity contribution in [2.75, 3.05) is 0 Å². The maximum Gasteiger partial charge on any atom is 0.182 e. The fourth-order valence-electron chi connectivity index (χ4n) is 3.02. The lowest BCUT2D eigenvalue weighted by Crippen LogP contribution is -2.14. The van der Waals surface area contributed by atoms with E-state index in [1.54, 1.807) is 0 Å². The number of aromatic nitrogens is 1. The van der Waals surface area contributed by atoms with E-state index < -0.39 is 0 Å². The van der Waals surface area contributed by atoms with Crippen LogP contribution in [0.1, 0.15) is 64.8 Å². The molecule has 2 atom stereocenters. The van der Waals surface area contributed by atoms with E-state index in [0.29, 0.717) is 18.0 Å². The summed E-state index contributed by atoms with van der Waals surface area (Å²) in [7, 11) is 0. The van der Waals surface area contributed by atoms with Crippen LogP contribution in [0.5, 0.6) is 0 Å². The van der Waals surface area contributed by atoms with Crippen LogP contribution in [-0.2, 0) is 6.42 Å². The molecule has 3 rings (SSSR count). The lowest BCUT2D eigenvalue weighted by Gasteiger charge is -2.24. The van der Waals surface area contributed by atoms with Gasteiger partial charge in [0.1, 0.15) is 10.7 Å². The van der Waals surface area contributed by atoms with Crippen LogP contribution in [0.15, 0.2) is 29.6 Å². The molecule has 4 heteroatoms. The summed E-state index contributed by atoms with van der Waals surface area (Å²) in [6.45, 7) is 1.89. The fourth-order valence-corrected chi connectivity index (χ4v) is 3.80. The van der Waals surface area contributed by atoms with Crippen LogP contribution in [0.4, 0.5) is 0 Å². The van der Waals surface area contributed by atoms with Crippen molar-refractivity contribution >= 4 is 17.1 Å². The first-order valence-electron chi connectivity index (χ1n) is 7.47. The number of hydrogen-bond acceptors (Lipinski definition) is 4. The van der Waals surface area contributed by atoms with Crippen LogP contribution in [0.25, 0.3) is 0 Å². The van der Waals surface area contributed by atoms with Gasteiger partial charge in [-0.25, -0.2) is 4.98 Å². The third-order valence-electron chi connectivity index (χ3n) is 4.12. The summed E-state index contributed by atoms with van der Waals surface area (Å²) in [5.41, 5.74) is 9.14. The average molecular weight is 300 g/mol. The van der Waals surface area contributed by atoms with Crippen LogP contribution in [0.2, 0.25) is 0 Å². The summed E-state index contributed by atoms with van der Waals surface area (Å²) in [4.78, 5) is 16.8. The van der Waals surface area contributed by atoms with Gasteiger partial charge in [-0.1, -0.05) is 24.3 Å². The number of thiazole rings is 1. The molecular formula is C17H20N2OS. The molecule has 0 aliphatic heterocycles. The Bertz CT molecular complexity index is 648. The standard InChI is InChI=1S/C17H20N2OS/c1-11(18)17-19-15(10-21-17)16(20)9-13-7-4-6-12-5-2-3-8-14(12)13/h2-3,5,8,10-11,13H,4,6-7,9,18H2,1H3. The van der Waals surface area contributed by atoms with Gasteiger partial charge < -0.3 is 5.73 Å². The fraction of sp³-hybridized carbons (Fsp3) is 0.412. The number of aryl methyl sites for hydroxylation is 1. The number of nitrogens with two attached hydrogens (primary N) is 1. The van der Waals surface area contributed by atoms with Crippen molar-refractivity contribution in [2.45, 2.75) is 44.6 Å². The third kappa shape index (κ3) is 3.06. The highest BCUT2D eigenvalue weighted by Crippen LogP contribution is 2.34. The van der Waals surface area contributed by atoms with Crippen LogP contribution in [0, 0.1) is 0 Å². The van der Waals surface area contributed by atoms with Crippen molar-refractivity contribution in [3.8, 4) is 0 Å². The van der Waals surface area contributed by atoms with Gasteiger partial charge in [0.15, 0.2) is 5.78 Å². The Balaban J connectivity index is 1.76. The monoisotopic (exact) mass is 300 g/mol. The number of carbonyl (C=O) groups excluding carboxylic acids is 1. The van der Waals surface area contributed by atoms with E-state index in [9.17, 15) is 4.79 Å². The van der Waals surface area contributed by atoms with E-state index in [1.807, 2.05) is 12.3 Å². The summed E-state index contributed by atoms with van der Waals surface area (Å²) in [5.74, 6) is 0.475. The molecule has 110 valence electrons. The number of nitrogens with zero attached hydrogens (tertiary/aromatic N) is 1. The summed E-state index contributed by atoms with van der Waals surface area (Å²) in [6, 6.07) is 8.40. The van der Waals surface area contributed by atoms with Crippen LogP contribution in [-0.4, -0.2) is 10.8 Å². The van der Waals surface area contributed by atoms with E-state index in [2.05, 4.69) is 29.2 Å². The molecule has 0 amide bonds. The number of hydrogen-bond donors (Lipinski definition) is 1. The Labute approximate surface area is 129 Å². The van der Waals surface area contributed by atoms with Gasteiger partial charge in [-0.05, 0) is 43.2 Å². The second kappa shape index (κ2) is 6.08. The van der Waals surface area contributed by atoms with Gasteiger partial charge in [-0.2, -0.15) is 0 Å². The zero-order valence-electron chi connectivity index (χ0n) is 12.2. The molecule has 0 bridgehead atoms. The quantitative estimate of drug-likeness (QED) is 0.872. The smallest absolute Gasteiger partial charge is 0.182 e. The lowest BCUT2D eigenvalue weighted by molar-refractivity contribution is 0.0966. The maximum atomic E-state index is 12.5. The topological polar surface area (TPSA) is 56.0 Å². The molecule has 2 N–H and O–H groups in total. The van der Waals surface area contributed by atoms with Crippen molar-refractivity contribution in [2.24, 2.45) is 5.73 Å². The zero-order chi connectivity index (χ0) is 14.8. The second-order valence-electron chi connectivity index (χ2n) is 5.77. The van der Waals surface area contributed by atoms with Crippen LogP contribution >= 0.6 is 11.3 Å². The minimum atomic E-state index is -0.105. The summed E-state index contributed by atoms with van der Waals surface area (Å²) in [6.07, 6.45) is 3.94. The van der Waals surface area contributed by atoms with Crippen LogP contribution < -0.4 is 5.73 Å². The minimum absolute atomic E-state index is 0.105. The molecule has 1 heterocycles. The molecule has 0 fully saturated rings. The predicted molar refractivity (Wildman–Crippen MR) is 85.8 cm³/mol. The highest BCUT2D eigenvalue weighted by molar-refractivity contribution is 7.09. The first-order chi connectivity index (χ1) is 10.1. The molecule has 0 spiro atoms. The molecule has 1 aliphatic rings. The molecule has 2 aromatic rings. The highest BCUT2D eigenvalue weighted by atomic mass is 32.1. The zero-order valence-corrected chi connectivity index (χ0v) is 13.0. The first kappa shape index (κ1) is 14.4. The van der Waals surface area contributed by atoms with E-state index in [4.69, 9.17) is 5.73 Å². The van der Waals surface area contributed by atoms with Gasteiger partial charge in [0.2, 0.25) is 0 Å². The molecule has 0 saturated carbocycles. The van der Waals surface area contributed by atoms with Crippen LogP contribution in [0.3, 0.4) is 0 Å². The van der Waals surface area contributed by atoms with Gasteiger partial charge >= 0.3 is 0 Å². The highest BCUT2D eigenvalue weighted by Gasteiger charge is 2.24. The number of benzene rings is 1. The van der Waals surface area contributed by atoms with Gasteiger partial charge in [0, 0.05) is 11.8 Å². The predicted octanol–water partition coefficient (Wildman–Crippen LogP) is 3.86. The number of fused-ring (bicyclic) bond motifs is 1. The van der Waals surface area contributed by atoms with E-state index >= 15 is 0 Å². The Morgan fingerprint density at radius 3 is 3.05 bits per heavy atom. The Morgan fingerprint density at radius 2 is 2.29 bits per heavy atom. The molecule has 2 unspecified atom stereocenters. The van der Waals surface area contributed by atoms with Gasteiger partial charge in [-0.3, -0.25) is 4.79 Å². The summed E-state index contributed by atoms with van der Waals surface area (Å²) in [5, 5.41) is 2.68. The molecule has 1 aromatic heterocycles. The van der Waals surface area contributed by atoms with Crippen molar-refractivity contribution in [3.05, 3.63) is 51.5 Å². The summed E-state index contributed by atoms with van der Waals surface area (Å²) >= 11 is 1.48. The minimum Gasteiger partial charge on any atom is -0.322 e. The Hall–Kier alpha value is -1.52. The largest absolute Gasteiger partial charge is 0.322 e. The van der Waals surface area contributed by atoms with Gasteiger partial charge in [0.05, 0.1) is 6.04 Å².